The average molecular weight is 222 g/mol. The van der Waals surface area contributed by atoms with Gasteiger partial charge in [0, 0.05) is 18.5 Å². The first-order valence-corrected chi connectivity index (χ1v) is 6.70. The monoisotopic (exact) mass is 222 g/mol. The Labute approximate surface area is 96.1 Å². The van der Waals surface area contributed by atoms with Crippen LogP contribution in [0.15, 0.2) is 29.4 Å². The zero-order valence-electron chi connectivity index (χ0n) is 9.06. The number of aromatic nitrogens is 1. The second kappa shape index (κ2) is 6.13. The fourth-order valence-electron chi connectivity index (χ4n) is 1.89. The molecule has 0 atom stereocenters. The molecular formula is C12H18N2S. The third-order valence-corrected chi connectivity index (χ3v) is 3.67. The van der Waals surface area contributed by atoms with Crippen molar-refractivity contribution in [3.8, 4) is 0 Å². The first-order chi connectivity index (χ1) is 7.45. The first kappa shape index (κ1) is 11.0. The lowest BCUT2D eigenvalue weighted by molar-refractivity contribution is 0.242. The number of rotatable bonds is 4. The van der Waals surface area contributed by atoms with Gasteiger partial charge in [0.25, 0.3) is 0 Å². The molecule has 2 rings (SSSR count). The van der Waals surface area contributed by atoms with Gasteiger partial charge in [-0.3, -0.25) is 0 Å². The molecule has 0 unspecified atom stereocenters. The van der Waals surface area contributed by atoms with E-state index in [1.165, 1.54) is 38.9 Å². The molecule has 2 heterocycles. The molecule has 0 spiro atoms. The molecule has 0 radical (unpaired) electrons. The Hall–Kier alpha value is -0.540. The molecule has 1 aliphatic rings. The second-order valence-corrected chi connectivity index (χ2v) is 5.03. The predicted molar refractivity (Wildman–Crippen MR) is 65.3 cm³/mol. The average Bonchev–Trinajstić information content (AvgIpc) is 2.32. The van der Waals surface area contributed by atoms with Crippen molar-refractivity contribution >= 4 is 11.8 Å². The van der Waals surface area contributed by atoms with E-state index in [2.05, 4.69) is 22.0 Å². The van der Waals surface area contributed by atoms with E-state index >= 15 is 0 Å². The minimum absolute atomic E-state index is 1.15. The number of hydrogen-bond donors (Lipinski definition) is 0. The Morgan fingerprint density at radius 2 is 2.07 bits per heavy atom. The van der Waals surface area contributed by atoms with E-state index in [4.69, 9.17) is 0 Å². The van der Waals surface area contributed by atoms with Crippen LogP contribution in [0.3, 0.4) is 0 Å². The van der Waals surface area contributed by atoms with E-state index in [-0.39, 0.29) is 0 Å². The number of likely N-dealkylation sites (tertiary alicyclic amines) is 1. The standard InChI is InChI=1S/C12H18N2S/c1-4-8-14(9-5-1)10-11-15-12-6-2-3-7-13-12/h2-3,6-7H,1,4-5,8-11H2. The normalized spacial score (nSPS) is 17.9. The highest BCUT2D eigenvalue weighted by Crippen LogP contribution is 2.15. The molecular weight excluding hydrogens is 204 g/mol. The summed E-state index contributed by atoms with van der Waals surface area (Å²) in [5.74, 6) is 1.16. The third kappa shape index (κ3) is 3.84. The SMILES string of the molecule is c1ccc(SCCN2CCCCC2)nc1. The first-order valence-electron chi connectivity index (χ1n) is 5.71. The van der Waals surface area contributed by atoms with E-state index in [1.807, 2.05) is 24.0 Å². The van der Waals surface area contributed by atoms with Crippen LogP contribution in [-0.4, -0.2) is 35.3 Å². The number of thioether (sulfide) groups is 1. The largest absolute Gasteiger partial charge is 0.303 e. The van der Waals surface area contributed by atoms with Crippen LogP contribution in [-0.2, 0) is 0 Å². The van der Waals surface area contributed by atoms with Gasteiger partial charge in [-0.15, -0.1) is 11.8 Å². The Morgan fingerprint density at radius 1 is 1.20 bits per heavy atom. The third-order valence-electron chi connectivity index (χ3n) is 2.74. The van der Waals surface area contributed by atoms with Gasteiger partial charge in [0.05, 0.1) is 5.03 Å². The van der Waals surface area contributed by atoms with Gasteiger partial charge in [-0.05, 0) is 38.1 Å². The van der Waals surface area contributed by atoms with Crippen LogP contribution in [0.5, 0.6) is 0 Å². The van der Waals surface area contributed by atoms with Gasteiger partial charge in [-0.2, -0.15) is 0 Å². The molecule has 0 amide bonds. The molecule has 0 bridgehead atoms. The molecule has 0 saturated carbocycles. The quantitative estimate of drug-likeness (QED) is 0.729. The van der Waals surface area contributed by atoms with Crippen molar-refractivity contribution in [3.05, 3.63) is 24.4 Å². The van der Waals surface area contributed by atoms with Crippen molar-refractivity contribution in [1.82, 2.24) is 9.88 Å². The molecule has 0 aromatic carbocycles. The lowest BCUT2D eigenvalue weighted by Crippen LogP contribution is -2.31. The molecule has 0 aliphatic carbocycles. The van der Waals surface area contributed by atoms with Crippen molar-refractivity contribution < 1.29 is 0 Å². The lowest BCUT2D eigenvalue weighted by Gasteiger charge is -2.25. The highest BCUT2D eigenvalue weighted by Gasteiger charge is 2.09. The van der Waals surface area contributed by atoms with Crippen LogP contribution < -0.4 is 0 Å². The van der Waals surface area contributed by atoms with Gasteiger partial charge < -0.3 is 4.90 Å². The van der Waals surface area contributed by atoms with E-state index in [0.29, 0.717) is 0 Å². The van der Waals surface area contributed by atoms with Gasteiger partial charge in [0.2, 0.25) is 0 Å². The Balaban J connectivity index is 1.66. The van der Waals surface area contributed by atoms with Crippen LogP contribution in [0.4, 0.5) is 0 Å². The van der Waals surface area contributed by atoms with Crippen molar-refractivity contribution in [3.63, 3.8) is 0 Å². The van der Waals surface area contributed by atoms with E-state index in [1.54, 1.807) is 0 Å². The summed E-state index contributed by atoms with van der Waals surface area (Å²) < 4.78 is 0. The van der Waals surface area contributed by atoms with Crippen molar-refractivity contribution in [2.75, 3.05) is 25.4 Å². The molecule has 2 nitrogen and oxygen atoms in total. The molecule has 1 aromatic rings. The maximum Gasteiger partial charge on any atom is 0.0960 e. The van der Waals surface area contributed by atoms with Gasteiger partial charge in [-0.25, -0.2) is 4.98 Å². The van der Waals surface area contributed by atoms with Gasteiger partial charge in [0.15, 0.2) is 0 Å². The van der Waals surface area contributed by atoms with Crippen molar-refractivity contribution in [2.45, 2.75) is 24.3 Å². The smallest absolute Gasteiger partial charge is 0.0960 e. The van der Waals surface area contributed by atoms with Crippen molar-refractivity contribution in [1.29, 1.82) is 0 Å². The van der Waals surface area contributed by atoms with Gasteiger partial charge in [-0.1, -0.05) is 12.5 Å². The molecule has 3 heteroatoms. The number of hydrogen-bond acceptors (Lipinski definition) is 3. The van der Waals surface area contributed by atoms with Crippen LogP contribution >= 0.6 is 11.8 Å². The molecule has 1 aliphatic heterocycles. The highest BCUT2D eigenvalue weighted by molar-refractivity contribution is 7.99. The minimum atomic E-state index is 1.15. The van der Waals surface area contributed by atoms with Gasteiger partial charge in [0.1, 0.15) is 0 Å². The van der Waals surface area contributed by atoms with Crippen LogP contribution in [0.1, 0.15) is 19.3 Å². The number of nitrogens with zero attached hydrogens (tertiary/aromatic N) is 2. The van der Waals surface area contributed by atoms with E-state index < -0.39 is 0 Å². The zero-order chi connectivity index (χ0) is 10.3. The summed E-state index contributed by atoms with van der Waals surface area (Å²) in [5.41, 5.74) is 0. The summed E-state index contributed by atoms with van der Waals surface area (Å²) in [4.78, 5) is 6.87. The van der Waals surface area contributed by atoms with E-state index in [0.717, 1.165) is 10.8 Å². The Bertz CT molecular complexity index is 270. The summed E-state index contributed by atoms with van der Waals surface area (Å²) >= 11 is 1.86. The highest BCUT2D eigenvalue weighted by atomic mass is 32.2. The summed E-state index contributed by atoms with van der Waals surface area (Å²) in [7, 11) is 0. The van der Waals surface area contributed by atoms with Crippen LogP contribution in [0, 0.1) is 0 Å². The number of pyridine rings is 1. The zero-order valence-corrected chi connectivity index (χ0v) is 9.88. The maximum atomic E-state index is 4.31. The molecule has 1 fully saturated rings. The topological polar surface area (TPSA) is 16.1 Å². The van der Waals surface area contributed by atoms with Crippen LogP contribution in [0.25, 0.3) is 0 Å². The summed E-state index contributed by atoms with van der Waals surface area (Å²) in [5, 5.41) is 1.15. The molecule has 15 heavy (non-hydrogen) atoms. The second-order valence-electron chi connectivity index (χ2n) is 3.92. The Kier molecular flexibility index (Phi) is 4.48. The molecule has 1 aromatic heterocycles. The Morgan fingerprint density at radius 3 is 2.80 bits per heavy atom. The fourth-order valence-corrected chi connectivity index (χ4v) is 2.76. The van der Waals surface area contributed by atoms with Crippen molar-refractivity contribution in [2.24, 2.45) is 0 Å². The summed E-state index contributed by atoms with van der Waals surface area (Å²) in [6.45, 7) is 3.80. The lowest BCUT2D eigenvalue weighted by atomic mass is 10.1. The maximum absolute atomic E-state index is 4.31. The summed E-state index contributed by atoms with van der Waals surface area (Å²) in [6.07, 6.45) is 6.05. The summed E-state index contributed by atoms with van der Waals surface area (Å²) in [6, 6.07) is 6.10. The molecule has 0 N–H and O–H groups in total. The number of piperidine rings is 1. The predicted octanol–water partition coefficient (Wildman–Crippen LogP) is 2.66. The van der Waals surface area contributed by atoms with Gasteiger partial charge >= 0.3 is 0 Å². The fraction of sp³-hybridized carbons (Fsp3) is 0.583. The van der Waals surface area contributed by atoms with E-state index in [9.17, 15) is 0 Å². The molecule has 82 valence electrons. The minimum Gasteiger partial charge on any atom is -0.303 e. The van der Waals surface area contributed by atoms with Crippen LogP contribution in [0.2, 0.25) is 0 Å². The molecule has 1 saturated heterocycles.